The van der Waals surface area contributed by atoms with E-state index in [2.05, 4.69) is 20.9 Å². The second-order valence-electron chi connectivity index (χ2n) is 2.94. The lowest BCUT2D eigenvalue weighted by Crippen LogP contribution is -2.03. The number of halogens is 3. The topological polar surface area (TPSA) is 43.8 Å². The number of imidazole rings is 1. The van der Waals surface area contributed by atoms with Gasteiger partial charge in [0.15, 0.2) is 0 Å². The van der Waals surface area contributed by atoms with E-state index in [0.717, 1.165) is 15.5 Å². The van der Waals surface area contributed by atoms with Crippen molar-refractivity contribution in [3.63, 3.8) is 0 Å². The normalized spacial score (nSPS) is 10.3. The number of aryl methyl sites for hydroxylation is 1. The van der Waals surface area contributed by atoms with E-state index in [1.165, 1.54) is 0 Å². The Bertz CT molecular complexity index is 470. The Balaban J connectivity index is 0.00000112. The second kappa shape index (κ2) is 5.05. The predicted molar refractivity (Wildman–Crippen MR) is 69.8 cm³/mol. The van der Waals surface area contributed by atoms with Crippen LogP contribution in [0.15, 0.2) is 22.7 Å². The molecule has 0 saturated heterocycles. The number of alkyl halides is 1. The molecule has 82 valence electrons. The molecule has 0 atom stereocenters. The first-order valence-corrected chi connectivity index (χ1v) is 5.52. The molecule has 0 bridgehead atoms. The molecule has 0 unspecified atom stereocenters. The molecular weight excluding hydrogens is 301 g/mol. The van der Waals surface area contributed by atoms with Gasteiger partial charge in [-0.25, -0.2) is 4.98 Å². The number of anilines is 1. The van der Waals surface area contributed by atoms with E-state index in [-0.39, 0.29) is 12.4 Å². The summed E-state index contributed by atoms with van der Waals surface area (Å²) in [5.41, 5.74) is 7.68. The number of benzene rings is 1. The molecule has 0 amide bonds. The van der Waals surface area contributed by atoms with Crippen molar-refractivity contribution < 1.29 is 0 Å². The van der Waals surface area contributed by atoms with Crippen LogP contribution in [0.4, 0.5) is 5.95 Å². The molecule has 0 aliphatic heterocycles. The zero-order chi connectivity index (χ0) is 10.1. The molecule has 0 fully saturated rings. The Morgan fingerprint density at radius 1 is 1.47 bits per heavy atom. The summed E-state index contributed by atoms with van der Waals surface area (Å²) in [5.74, 6) is 1.04. The molecule has 1 heterocycles. The average molecular weight is 311 g/mol. The molecule has 3 nitrogen and oxygen atoms in total. The van der Waals surface area contributed by atoms with E-state index >= 15 is 0 Å². The quantitative estimate of drug-likeness (QED) is 0.866. The molecule has 2 aromatic rings. The van der Waals surface area contributed by atoms with Crippen molar-refractivity contribution >= 4 is 56.9 Å². The van der Waals surface area contributed by atoms with Crippen LogP contribution in [0.5, 0.6) is 0 Å². The minimum Gasteiger partial charge on any atom is -0.369 e. The Labute approximate surface area is 107 Å². The standard InChI is InChI=1S/C9H9BrClN3.ClH/c10-6-1-2-7-8(5-6)14(4-3-11)9(12)13-7;/h1-2,5H,3-4H2,(H2,12,13);1H. The average Bonchev–Trinajstić information content (AvgIpc) is 2.45. The van der Waals surface area contributed by atoms with E-state index in [1.54, 1.807) is 0 Å². The summed E-state index contributed by atoms with van der Waals surface area (Å²) in [6, 6.07) is 5.87. The monoisotopic (exact) mass is 309 g/mol. The molecule has 2 N–H and O–H groups in total. The summed E-state index contributed by atoms with van der Waals surface area (Å²) in [6.45, 7) is 0.681. The molecular formula is C9H10BrCl2N3. The lowest BCUT2D eigenvalue weighted by molar-refractivity contribution is 0.806. The summed E-state index contributed by atoms with van der Waals surface area (Å²) < 4.78 is 2.92. The van der Waals surface area contributed by atoms with Crippen LogP contribution in [0.25, 0.3) is 11.0 Å². The van der Waals surface area contributed by atoms with Crippen LogP contribution in [0.1, 0.15) is 0 Å². The van der Waals surface area contributed by atoms with Gasteiger partial charge >= 0.3 is 0 Å². The van der Waals surface area contributed by atoms with Crippen LogP contribution in [0.2, 0.25) is 0 Å². The van der Waals surface area contributed by atoms with E-state index in [0.29, 0.717) is 18.4 Å². The zero-order valence-electron chi connectivity index (χ0n) is 7.78. The number of hydrogen-bond donors (Lipinski definition) is 1. The fourth-order valence-electron chi connectivity index (χ4n) is 1.43. The van der Waals surface area contributed by atoms with Crippen molar-refractivity contribution in [2.75, 3.05) is 11.6 Å². The summed E-state index contributed by atoms with van der Waals surface area (Å²) in [4.78, 5) is 4.23. The van der Waals surface area contributed by atoms with E-state index in [4.69, 9.17) is 17.3 Å². The highest BCUT2D eigenvalue weighted by molar-refractivity contribution is 9.10. The van der Waals surface area contributed by atoms with Crippen molar-refractivity contribution in [3.8, 4) is 0 Å². The Morgan fingerprint density at radius 3 is 2.87 bits per heavy atom. The van der Waals surface area contributed by atoms with Crippen molar-refractivity contribution in [2.24, 2.45) is 0 Å². The summed E-state index contributed by atoms with van der Waals surface area (Å²) in [6.07, 6.45) is 0. The van der Waals surface area contributed by atoms with Gasteiger partial charge in [0.05, 0.1) is 11.0 Å². The maximum Gasteiger partial charge on any atom is 0.201 e. The van der Waals surface area contributed by atoms with E-state index in [9.17, 15) is 0 Å². The number of nitrogens with zero attached hydrogens (tertiary/aromatic N) is 2. The first-order valence-electron chi connectivity index (χ1n) is 4.19. The maximum absolute atomic E-state index is 5.77. The van der Waals surface area contributed by atoms with Gasteiger partial charge in [0.2, 0.25) is 5.95 Å². The number of hydrogen-bond acceptors (Lipinski definition) is 2. The number of nitrogen functional groups attached to an aromatic ring is 1. The third-order valence-electron chi connectivity index (χ3n) is 2.05. The van der Waals surface area contributed by atoms with Crippen molar-refractivity contribution in [1.29, 1.82) is 0 Å². The van der Waals surface area contributed by atoms with Gasteiger partial charge in [-0.3, -0.25) is 0 Å². The Kier molecular flexibility index (Phi) is 4.25. The van der Waals surface area contributed by atoms with Gasteiger partial charge in [-0.2, -0.15) is 0 Å². The molecule has 1 aromatic carbocycles. The second-order valence-corrected chi connectivity index (χ2v) is 4.24. The highest BCUT2D eigenvalue weighted by Gasteiger charge is 2.07. The molecule has 0 aliphatic rings. The van der Waals surface area contributed by atoms with E-state index < -0.39 is 0 Å². The minimum atomic E-state index is 0. The van der Waals surface area contributed by atoms with Gasteiger partial charge in [-0.05, 0) is 18.2 Å². The van der Waals surface area contributed by atoms with Gasteiger partial charge in [0, 0.05) is 16.9 Å². The first kappa shape index (κ1) is 12.6. The molecule has 15 heavy (non-hydrogen) atoms. The highest BCUT2D eigenvalue weighted by Crippen LogP contribution is 2.21. The molecule has 1 aromatic heterocycles. The molecule has 0 spiro atoms. The molecule has 0 saturated carbocycles. The molecule has 2 rings (SSSR count). The lowest BCUT2D eigenvalue weighted by Gasteiger charge is -2.02. The third kappa shape index (κ3) is 2.38. The van der Waals surface area contributed by atoms with Gasteiger partial charge in [0.25, 0.3) is 0 Å². The largest absolute Gasteiger partial charge is 0.369 e. The number of aromatic nitrogens is 2. The predicted octanol–water partition coefficient (Wildman–Crippen LogP) is 3.04. The van der Waals surface area contributed by atoms with Gasteiger partial charge in [0.1, 0.15) is 0 Å². The van der Waals surface area contributed by atoms with Crippen LogP contribution >= 0.6 is 39.9 Å². The van der Waals surface area contributed by atoms with Gasteiger partial charge < -0.3 is 10.3 Å². The smallest absolute Gasteiger partial charge is 0.201 e. The maximum atomic E-state index is 5.77. The fraction of sp³-hybridized carbons (Fsp3) is 0.222. The highest BCUT2D eigenvalue weighted by atomic mass is 79.9. The minimum absolute atomic E-state index is 0. The zero-order valence-corrected chi connectivity index (χ0v) is 10.9. The molecule has 0 aliphatic carbocycles. The number of nitrogens with two attached hydrogens (primary N) is 1. The fourth-order valence-corrected chi connectivity index (χ4v) is 1.95. The summed E-state index contributed by atoms with van der Waals surface area (Å²) in [5, 5.41) is 0. The van der Waals surface area contributed by atoms with Crippen molar-refractivity contribution in [3.05, 3.63) is 22.7 Å². The SMILES string of the molecule is Cl.Nc1nc2ccc(Br)cc2n1CCCl. The number of rotatable bonds is 2. The Morgan fingerprint density at radius 2 is 2.20 bits per heavy atom. The van der Waals surface area contributed by atoms with Gasteiger partial charge in [-0.15, -0.1) is 24.0 Å². The van der Waals surface area contributed by atoms with Crippen LogP contribution in [-0.4, -0.2) is 15.4 Å². The molecule has 0 radical (unpaired) electrons. The van der Waals surface area contributed by atoms with Gasteiger partial charge in [-0.1, -0.05) is 15.9 Å². The van der Waals surface area contributed by atoms with E-state index in [1.807, 2.05) is 22.8 Å². The summed E-state index contributed by atoms with van der Waals surface area (Å²) >= 11 is 9.10. The lowest BCUT2D eigenvalue weighted by atomic mass is 10.3. The number of fused-ring (bicyclic) bond motifs is 1. The van der Waals surface area contributed by atoms with Crippen LogP contribution in [0.3, 0.4) is 0 Å². The first-order chi connectivity index (χ1) is 6.72. The third-order valence-corrected chi connectivity index (χ3v) is 2.71. The Hall–Kier alpha value is -0.450. The van der Waals surface area contributed by atoms with Crippen molar-refractivity contribution in [2.45, 2.75) is 6.54 Å². The summed E-state index contributed by atoms with van der Waals surface area (Å²) in [7, 11) is 0. The van der Waals surface area contributed by atoms with Crippen LogP contribution in [-0.2, 0) is 6.54 Å². The van der Waals surface area contributed by atoms with Crippen LogP contribution in [0, 0.1) is 0 Å². The van der Waals surface area contributed by atoms with Crippen molar-refractivity contribution in [1.82, 2.24) is 9.55 Å². The molecule has 6 heteroatoms. The van der Waals surface area contributed by atoms with Crippen LogP contribution < -0.4 is 5.73 Å².